The fraction of sp³-hybridized carbons (Fsp3) is 0.368. The Labute approximate surface area is 138 Å². The highest BCUT2D eigenvalue weighted by Gasteiger charge is 2.07. The van der Waals surface area contributed by atoms with Gasteiger partial charge in [-0.1, -0.05) is 36.4 Å². The number of hydrogen-bond acceptors (Lipinski definition) is 4. The van der Waals surface area contributed by atoms with Crippen LogP contribution in [0.25, 0.3) is 0 Å². The van der Waals surface area contributed by atoms with Crippen LogP contribution < -0.4 is 14.8 Å². The molecule has 124 valence electrons. The third-order valence-electron chi connectivity index (χ3n) is 3.31. The van der Waals surface area contributed by atoms with Crippen molar-refractivity contribution in [2.45, 2.75) is 33.1 Å². The normalized spacial score (nSPS) is 12.0. The number of nitrogens with one attached hydrogen (secondary N) is 1. The van der Waals surface area contributed by atoms with Gasteiger partial charge < -0.3 is 19.9 Å². The number of hydrogen-bond donors (Lipinski definition) is 2. The largest absolute Gasteiger partial charge is 0.490 e. The standard InChI is InChI=1S/C19H25NO3/c1-3-22-19-11-17(13-20-12-15(2)21)9-10-18(19)23-14-16-7-5-4-6-8-16/h4-11,15,20-21H,3,12-14H2,1-2H3/t15-/m0/s1. The quantitative estimate of drug-likeness (QED) is 0.746. The maximum absolute atomic E-state index is 9.28. The molecule has 0 saturated carbocycles. The van der Waals surface area contributed by atoms with E-state index in [1.807, 2.05) is 55.5 Å². The lowest BCUT2D eigenvalue weighted by Crippen LogP contribution is -2.23. The highest BCUT2D eigenvalue weighted by atomic mass is 16.5. The Morgan fingerprint density at radius 3 is 2.48 bits per heavy atom. The van der Waals surface area contributed by atoms with E-state index >= 15 is 0 Å². The number of aliphatic hydroxyl groups is 1. The first-order valence-electron chi connectivity index (χ1n) is 8.00. The van der Waals surface area contributed by atoms with Gasteiger partial charge in [0.2, 0.25) is 0 Å². The van der Waals surface area contributed by atoms with Crippen LogP contribution in [0.2, 0.25) is 0 Å². The van der Waals surface area contributed by atoms with Crippen molar-refractivity contribution in [1.29, 1.82) is 0 Å². The first-order chi connectivity index (χ1) is 11.2. The molecular weight excluding hydrogens is 290 g/mol. The second-order valence-electron chi connectivity index (χ2n) is 5.47. The molecule has 0 heterocycles. The molecule has 0 bridgehead atoms. The van der Waals surface area contributed by atoms with Crippen molar-refractivity contribution >= 4 is 0 Å². The zero-order valence-corrected chi connectivity index (χ0v) is 13.8. The van der Waals surface area contributed by atoms with Gasteiger partial charge in [0.05, 0.1) is 12.7 Å². The van der Waals surface area contributed by atoms with Crippen molar-refractivity contribution in [2.75, 3.05) is 13.2 Å². The van der Waals surface area contributed by atoms with Gasteiger partial charge in [-0.15, -0.1) is 0 Å². The van der Waals surface area contributed by atoms with E-state index in [0.29, 0.717) is 26.3 Å². The van der Waals surface area contributed by atoms with E-state index in [0.717, 1.165) is 22.6 Å². The summed E-state index contributed by atoms with van der Waals surface area (Å²) < 4.78 is 11.6. The fourth-order valence-corrected chi connectivity index (χ4v) is 2.21. The lowest BCUT2D eigenvalue weighted by Gasteiger charge is -2.14. The Morgan fingerprint density at radius 2 is 1.78 bits per heavy atom. The Bertz CT molecular complexity index is 584. The summed E-state index contributed by atoms with van der Waals surface area (Å²) in [6.45, 7) is 6.07. The topological polar surface area (TPSA) is 50.7 Å². The summed E-state index contributed by atoms with van der Waals surface area (Å²) in [6.07, 6.45) is -0.352. The molecule has 0 aliphatic rings. The molecule has 4 nitrogen and oxygen atoms in total. The van der Waals surface area contributed by atoms with E-state index in [1.165, 1.54) is 0 Å². The first kappa shape index (κ1) is 17.3. The third kappa shape index (κ3) is 5.93. The molecular formula is C19H25NO3. The highest BCUT2D eigenvalue weighted by Crippen LogP contribution is 2.29. The van der Waals surface area contributed by atoms with Gasteiger partial charge >= 0.3 is 0 Å². The van der Waals surface area contributed by atoms with Crippen LogP contribution in [0.1, 0.15) is 25.0 Å². The molecule has 2 aromatic rings. The predicted octanol–water partition coefficient (Wildman–Crippen LogP) is 3.13. The van der Waals surface area contributed by atoms with Crippen molar-refractivity contribution in [1.82, 2.24) is 5.32 Å². The van der Waals surface area contributed by atoms with Crippen LogP contribution in [-0.2, 0) is 13.2 Å². The van der Waals surface area contributed by atoms with Gasteiger partial charge in [-0.3, -0.25) is 0 Å². The predicted molar refractivity (Wildman–Crippen MR) is 91.8 cm³/mol. The first-order valence-corrected chi connectivity index (χ1v) is 8.00. The number of aliphatic hydroxyl groups excluding tert-OH is 1. The van der Waals surface area contributed by atoms with E-state index in [1.54, 1.807) is 6.92 Å². The minimum Gasteiger partial charge on any atom is -0.490 e. The lowest BCUT2D eigenvalue weighted by atomic mass is 10.2. The Kier molecular flexibility index (Phi) is 6.91. The molecule has 2 rings (SSSR count). The summed E-state index contributed by atoms with van der Waals surface area (Å²) in [4.78, 5) is 0. The van der Waals surface area contributed by atoms with Gasteiger partial charge in [0.1, 0.15) is 6.61 Å². The van der Waals surface area contributed by atoms with E-state index in [4.69, 9.17) is 9.47 Å². The molecule has 0 fully saturated rings. The van der Waals surface area contributed by atoms with E-state index in [2.05, 4.69) is 5.32 Å². The summed E-state index contributed by atoms with van der Waals surface area (Å²) in [5.74, 6) is 1.50. The molecule has 23 heavy (non-hydrogen) atoms. The van der Waals surface area contributed by atoms with Crippen LogP contribution in [-0.4, -0.2) is 24.4 Å². The third-order valence-corrected chi connectivity index (χ3v) is 3.31. The fourth-order valence-electron chi connectivity index (χ4n) is 2.21. The molecule has 0 aliphatic heterocycles. The van der Waals surface area contributed by atoms with Crippen molar-refractivity contribution in [3.8, 4) is 11.5 Å². The van der Waals surface area contributed by atoms with Crippen LogP contribution in [0, 0.1) is 0 Å². The molecule has 0 saturated heterocycles. The van der Waals surface area contributed by atoms with E-state index in [9.17, 15) is 5.11 Å². The van der Waals surface area contributed by atoms with Crippen molar-refractivity contribution in [2.24, 2.45) is 0 Å². The minimum absolute atomic E-state index is 0.352. The summed E-state index contributed by atoms with van der Waals surface area (Å²) in [5.41, 5.74) is 2.22. The van der Waals surface area contributed by atoms with Crippen molar-refractivity contribution in [3.05, 3.63) is 59.7 Å². The minimum atomic E-state index is -0.352. The number of rotatable bonds is 9. The summed E-state index contributed by atoms with van der Waals surface area (Å²) in [7, 11) is 0. The van der Waals surface area contributed by atoms with Crippen LogP contribution in [0.5, 0.6) is 11.5 Å². The molecule has 2 aromatic carbocycles. The van der Waals surface area contributed by atoms with Gasteiger partial charge in [-0.2, -0.15) is 0 Å². The molecule has 0 unspecified atom stereocenters. The molecule has 4 heteroatoms. The SMILES string of the molecule is CCOc1cc(CNC[C@H](C)O)ccc1OCc1ccccc1. The molecule has 1 atom stereocenters. The molecule has 0 spiro atoms. The molecule has 0 amide bonds. The second kappa shape index (κ2) is 9.18. The molecule has 0 aliphatic carbocycles. The van der Waals surface area contributed by atoms with Crippen LogP contribution in [0.4, 0.5) is 0 Å². The maximum Gasteiger partial charge on any atom is 0.161 e. The van der Waals surface area contributed by atoms with Gasteiger partial charge in [0.25, 0.3) is 0 Å². The zero-order valence-electron chi connectivity index (χ0n) is 13.8. The van der Waals surface area contributed by atoms with Gasteiger partial charge in [-0.25, -0.2) is 0 Å². The highest BCUT2D eigenvalue weighted by molar-refractivity contribution is 5.43. The maximum atomic E-state index is 9.28. The van der Waals surface area contributed by atoms with Gasteiger partial charge in [-0.05, 0) is 37.1 Å². The van der Waals surface area contributed by atoms with E-state index < -0.39 is 0 Å². The molecule has 2 N–H and O–H groups in total. The second-order valence-corrected chi connectivity index (χ2v) is 5.47. The number of benzene rings is 2. The average Bonchev–Trinajstić information content (AvgIpc) is 2.55. The summed E-state index contributed by atoms with van der Waals surface area (Å²) in [5, 5.41) is 12.5. The molecule has 0 aromatic heterocycles. The Morgan fingerprint density at radius 1 is 1.00 bits per heavy atom. The smallest absolute Gasteiger partial charge is 0.161 e. The Balaban J connectivity index is 2.00. The molecule has 0 radical (unpaired) electrons. The zero-order chi connectivity index (χ0) is 16.5. The average molecular weight is 315 g/mol. The summed E-state index contributed by atoms with van der Waals surface area (Å²) >= 11 is 0. The van der Waals surface area contributed by atoms with E-state index in [-0.39, 0.29) is 6.10 Å². The number of ether oxygens (including phenoxy) is 2. The summed E-state index contributed by atoms with van der Waals surface area (Å²) in [6, 6.07) is 16.0. The van der Waals surface area contributed by atoms with Crippen LogP contribution >= 0.6 is 0 Å². The van der Waals surface area contributed by atoms with Crippen molar-refractivity contribution < 1.29 is 14.6 Å². The lowest BCUT2D eigenvalue weighted by molar-refractivity contribution is 0.191. The van der Waals surface area contributed by atoms with Crippen LogP contribution in [0.3, 0.4) is 0 Å². The van der Waals surface area contributed by atoms with Gasteiger partial charge in [0.15, 0.2) is 11.5 Å². The van der Waals surface area contributed by atoms with Crippen molar-refractivity contribution in [3.63, 3.8) is 0 Å². The van der Waals surface area contributed by atoms with Crippen LogP contribution in [0.15, 0.2) is 48.5 Å². The monoisotopic (exact) mass is 315 g/mol. The Hall–Kier alpha value is -2.04. The van der Waals surface area contributed by atoms with Gasteiger partial charge in [0, 0.05) is 13.1 Å².